The minimum absolute atomic E-state index is 0.00637. The molecule has 1 unspecified atom stereocenters. The predicted octanol–water partition coefficient (Wildman–Crippen LogP) is 4.55. The number of likely N-dealkylation sites (tertiary alicyclic amines) is 1. The van der Waals surface area contributed by atoms with Crippen LogP contribution in [0.15, 0.2) is 35.1 Å². The molecule has 1 atom stereocenters. The topological polar surface area (TPSA) is 79.4 Å². The number of H-pyrrole nitrogens is 1. The molecule has 1 aromatic carbocycles. The number of pyridine rings is 1. The fraction of sp³-hybridized carbons (Fsp3) is 0.481. The lowest BCUT2D eigenvalue weighted by molar-refractivity contribution is -0.182. The summed E-state index contributed by atoms with van der Waals surface area (Å²) in [6, 6.07) is 7.88. The standard InChI is InChI=1S/C27H33F3N4O3/c1-16-13-23(37-4)21(25(35)32-16)14-31-26(36)24-17(2)34(22-8-6-5-7-20(22)24)15-19-9-11-33(12-10-19)18(3)27(28,29)30/h5-8,13,18-19H,9-12,14-15H2,1-4H3,(H,31,36)(H,32,35). The molecule has 0 radical (unpaired) electrons. The molecule has 1 saturated heterocycles. The van der Waals surface area contributed by atoms with Crippen molar-refractivity contribution in [1.29, 1.82) is 0 Å². The molecule has 0 saturated carbocycles. The van der Waals surface area contributed by atoms with Gasteiger partial charge in [0.1, 0.15) is 11.8 Å². The van der Waals surface area contributed by atoms with Crippen LogP contribution >= 0.6 is 0 Å². The lowest BCUT2D eigenvalue weighted by Crippen LogP contribution is -2.47. The number of rotatable bonds is 7. The number of nitrogens with one attached hydrogen (secondary N) is 2. The highest BCUT2D eigenvalue weighted by molar-refractivity contribution is 6.08. The first-order chi connectivity index (χ1) is 17.5. The summed E-state index contributed by atoms with van der Waals surface area (Å²) in [6.07, 6.45) is -2.91. The number of aromatic nitrogens is 2. The van der Waals surface area contributed by atoms with Gasteiger partial charge in [0.2, 0.25) is 0 Å². The van der Waals surface area contributed by atoms with Gasteiger partial charge in [0, 0.05) is 28.8 Å². The number of amides is 1. The second-order valence-electron chi connectivity index (χ2n) is 9.80. The van der Waals surface area contributed by atoms with E-state index in [0.717, 1.165) is 16.6 Å². The molecular formula is C27H33F3N4O3. The number of hydrogen-bond acceptors (Lipinski definition) is 4. The molecule has 200 valence electrons. The summed E-state index contributed by atoms with van der Waals surface area (Å²) in [7, 11) is 1.48. The summed E-state index contributed by atoms with van der Waals surface area (Å²) in [5, 5.41) is 3.66. The summed E-state index contributed by atoms with van der Waals surface area (Å²) < 4.78 is 46.8. The number of piperidine rings is 1. The van der Waals surface area contributed by atoms with Crippen LogP contribution in [0, 0.1) is 19.8 Å². The lowest BCUT2D eigenvalue weighted by Gasteiger charge is -2.37. The quantitative estimate of drug-likeness (QED) is 0.481. The number of benzene rings is 1. The number of aromatic amines is 1. The normalized spacial score (nSPS) is 16.2. The Labute approximate surface area is 213 Å². The van der Waals surface area contributed by atoms with Gasteiger partial charge in [0.25, 0.3) is 11.5 Å². The molecule has 1 aliphatic heterocycles. The van der Waals surface area contributed by atoms with Crippen LogP contribution in [0.5, 0.6) is 5.75 Å². The molecule has 37 heavy (non-hydrogen) atoms. The van der Waals surface area contributed by atoms with Crippen LogP contribution in [0.25, 0.3) is 10.9 Å². The maximum Gasteiger partial charge on any atom is 0.403 e. The Kier molecular flexibility index (Phi) is 7.68. The van der Waals surface area contributed by atoms with Crippen molar-refractivity contribution < 1.29 is 22.7 Å². The van der Waals surface area contributed by atoms with Gasteiger partial charge in [-0.25, -0.2) is 0 Å². The van der Waals surface area contributed by atoms with Crippen molar-refractivity contribution in [3.63, 3.8) is 0 Å². The van der Waals surface area contributed by atoms with Crippen molar-refractivity contribution in [2.45, 2.75) is 58.9 Å². The highest BCUT2D eigenvalue weighted by Crippen LogP contribution is 2.32. The van der Waals surface area contributed by atoms with Crippen LogP contribution in [0.1, 0.15) is 47.1 Å². The molecule has 0 bridgehead atoms. The first-order valence-corrected chi connectivity index (χ1v) is 12.4. The summed E-state index contributed by atoms with van der Waals surface area (Å²) in [5.74, 6) is 0.313. The monoisotopic (exact) mass is 518 g/mol. The van der Waals surface area contributed by atoms with Gasteiger partial charge in [-0.05, 0) is 64.8 Å². The Hall–Kier alpha value is -3.27. The van der Waals surface area contributed by atoms with Gasteiger partial charge in [-0.3, -0.25) is 14.5 Å². The Morgan fingerprint density at radius 1 is 1.22 bits per heavy atom. The summed E-state index contributed by atoms with van der Waals surface area (Å²) >= 11 is 0. The van der Waals surface area contributed by atoms with Gasteiger partial charge in [0.15, 0.2) is 0 Å². The number of carbonyl (C=O) groups excluding carboxylic acids is 1. The van der Waals surface area contributed by atoms with Crippen molar-refractivity contribution in [3.8, 4) is 5.75 Å². The van der Waals surface area contributed by atoms with Gasteiger partial charge in [-0.15, -0.1) is 0 Å². The van der Waals surface area contributed by atoms with E-state index in [0.29, 0.717) is 55.0 Å². The molecule has 3 heterocycles. The van der Waals surface area contributed by atoms with Crippen LogP contribution in [-0.2, 0) is 13.1 Å². The zero-order chi connectivity index (χ0) is 26.9. The third-order valence-corrected chi connectivity index (χ3v) is 7.44. The highest BCUT2D eigenvalue weighted by atomic mass is 19.4. The number of methoxy groups -OCH3 is 1. The maximum atomic E-state index is 13.4. The fourth-order valence-electron chi connectivity index (χ4n) is 5.23. The number of ether oxygens (including phenoxy) is 1. The average Bonchev–Trinajstić information content (AvgIpc) is 3.13. The Morgan fingerprint density at radius 2 is 1.89 bits per heavy atom. The van der Waals surface area contributed by atoms with Gasteiger partial charge in [0.05, 0.1) is 24.8 Å². The van der Waals surface area contributed by atoms with Gasteiger partial charge in [-0.2, -0.15) is 13.2 Å². The van der Waals surface area contributed by atoms with E-state index in [2.05, 4.69) is 14.9 Å². The molecule has 10 heteroatoms. The molecule has 7 nitrogen and oxygen atoms in total. The second-order valence-corrected chi connectivity index (χ2v) is 9.80. The van der Waals surface area contributed by atoms with E-state index in [9.17, 15) is 22.8 Å². The van der Waals surface area contributed by atoms with E-state index in [1.54, 1.807) is 13.0 Å². The highest BCUT2D eigenvalue weighted by Gasteiger charge is 2.41. The number of halogens is 3. The minimum Gasteiger partial charge on any atom is -0.496 e. The van der Waals surface area contributed by atoms with E-state index in [1.807, 2.05) is 31.2 Å². The van der Waals surface area contributed by atoms with E-state index in [1.165, 1.54) is 18.9 Å². The largest absolute Gasteiger partial charge is 0.496 e. The molecule has 1 aliphatic rings. The van der Waals surface area contributed by atoms with E-state index >= 15 is 0 Å². The first kappa shape index (κ1) is 26.8. The van der Waals surface area contributed by atoms with E-state index in [4.69, 9.17) is 4.74 Å². The Balaban J connectivity index is 1.53. The van der Waals surface area contributed by atoms with Gasteiger partial charge in [-0.1, -0.05) is 18.2 Å². The molecule has 1 amide bonds. The lowest BCUT2D eigenvalue weighted by atomic mass is 9.95. The number of nitrogens with zero attached hydrogens (tertiary/aromatic N) is 2. The van der Waals surface area contributed by atoms with Crippen molar-refractivity contribution >= 4 is 16.8 Å². The number of hydrogen-bond donors (Lipinski definition) is 2. The van der Waals surface area contributed by atoms with Crippen LogP contribution in [0.2, 0.25) is 0 Å². The van der Waals surface area contributed by atoms with Crippen molar-refractivity contribution in [1.82, 2.24) is 19.8 Å². The number of aryl methyl sites for hydroxylation is 1. The van der Waals surface area contributed by atoms with E-state index < -0.39 is 12.2 Å². The van der Waals surface area contributed by atoms with Crippen LogP contribution < -0.4 is 15.6 Å². The van der Waals surface area contributed by atoms with Gasteiger partial charge < -0.3 is 19.6 Å². The average molecular weight is 519 g/mol. The fourth-order valence-corrected chi connectivity index (χ4v) is 5.23. The van der Waals surface area contributed by atoms with Crippen LogP contribution in [0.4, 0.5) is 13.2 Å². The third-order valence-electron chi connectivity index (χ3n) is 7.44. The summed E-state index contributed by atoms with van der Waals surface area (Å²) in [6.45, 7) is 6.27. The molecule has 2 aromatic heterocycles. The SMILES string of the molecule is COc1cc(C)[nH]c(=O)c1CNC(=O)c1c(C)n(CC2CCN(C(C)C(F)(F)F)CC2)c2ccccc12. The predicted molar refractivity (Wildman–Crippen MR) is 136 cm³/mol. The van der Waals surface area contributed by atoms with Crippen molar-refractivity contribution in [3.05, 3.63) is 63.2 Å². The van der Waals surface area contributed by atoms with Crippen LogP contribution in [-0.4, -0.2) is 52.8 Å². The molecule has 3 aromatic rings. The van der Waals surface area contributed by atoms with Crippen molar-refractivity contribution in [2.75, 3.05) is 20.2 Å². The molecule has 2 N–H and O–H groups in total. The summed E-state index contributed by atoms with van der Waals surface area (Å²) in [4.78, 5) is 30.0. The minimum atomic E-state index is -4.23. The molecule has 4 rings (SSSR count). The maximum absolute atomic E-state index is 13.4. The molecule has 0 aliphatic carbocycles. The zero-order valence-corrected chi connectivity index (χ0v) is 21.5. The molecule has 0 spiro atoms. The summed E-state index contributed by atoms with van der Waals surface area (Å²) in [5.41, 5.74) is 2.90. The Morgan fingerprint density at radius 3 is 2.54 bits per heavy atom. The Bertz CT molecular complexity index is 1340. The zero-order valence-electron chi connectivity index (χ0n) is 21.5. The number of carbonyl (C=O) groups is 1. The van der Waals surface area contributed by atoms with E-state index in [-0.39, 0.29) is 23.9 Å². The number of fused-ring (bicyclic) bond motifs is 1. The van der Waals surface area contributed by atoms with Gasteiger partial charge >= 0.3 is 6.18 Å². The molecule has 1 fully saturated rings. The second kappa shape index (κ2) is 10.6. The molecular weight excluding hydrogens is 485 g/mol. The van der Waals surface area contributed by atoms with Crippen LogP contribution in [0.3, 0.4) is 0 Å². The number of alkyl halides is 3. The first-order valence-electron chi connectivity index (χ1n) is 12.4. The third kappa shape index (κ3) is 5.53. The van der Waals surface area contributed by atoms with Crippen molar-refractivity contribution in [2.24, 2.45) is 5.92 Å². The number of para-hydroxylation sites is 1. The smallest absolute Gasteiger partial charge is 0.403 e.